The molecule has 1 atom stereocenters. The molecule has 138 valence electrons. The van der Waals surface area contributed by atoms with E-state index in [1.54, 1.807) is 23.5 Å². The van der Waals surface area contributed by atoms with E-state index in [-0.39, 0.29) is 17.8 Å². The molecule has 3 aromatic carbocycles. The van der Waals surface area contributed by atoms with E-state index < -0.39 is 0 Å². The van der Waals surface area contributed by atoms with Gasteiger partial charge in [0.05, 0.1) is 6.04 Å². The van der Waals surface area contributed by atoms with Gasteiger partial charge in [0, 0.05) is 17.0 Å². The fourth-order valence-electron chi connectivity index (χ4n) is 4.03. The maximum atomic E-state index is 13.5. The molecule has 0 N–H and O–H groups in total. The number of carbonyl (C=O) groups is 1. The second-order valence-electron chi connectivity index (χ2n) is 7.06. The van der Waals surface area contributed by atoms with E-state index in [4.69, 9.17) is 0 Å². The van der Waals surface area contributed by atoms with Gasteiger partial charge in [0.1, 0.15) is 5.82 Å². The molecular formula is C24H18FNOS. The highest BCUT2D eigenvalue weighted by Crippen LogP contribution is 2.38. The van der Waals surface area contributed by atoms with Crippen LogP contribution in [0.3, 0.4) is 0 Å². The molecule has 1 aromatic heterocycles. The van der Waals surface area contributed by atoms with E-state index in [9.17, 15) is 9.18 Å². The van der Waals surface area contributed by atoms with Crippen LogP contribution < -0.4 is 0 Å². The van der Waals surface area contributed by atoms with Crippen LogP contribution in [-0.4, -0.2) is 17.4 Å². The van der Waals surface area contributed by atoms with E-state index in [1.807, 2.05) is 47.4 Å². The summed E-state index contributed by atoms with van der Waals surface area (Å²) in [5.74, 6) is -0.255. The summed E-state index contributed by atoms with van der Waals surface area (Å²) < 4.78 is 13.5. The fraction of sp³-hybridized carbons (Fsp3) is 0.125. The average Bonchev–Trinajstić information content (AvgIpc) is 3.22. The van der Waals surface area contributed by atoms with Gasteiger partial charge in [-0.15, -0.1) is 11.3 Å². The zero-order valence-electron chi connectivity index (χ0n) is 15.1. The van der Waals surface area contributed by atoms with Gasteiger partial charge in [0.2, 0.25) is 0 Å². The van der Waals surface area contributed by atoms with Crippen molar-refractivity contribution in [2.24, 2.45) is 0 Å². The Balaban J connectivity index is 1.58. The molecule has 2 nitrogen and oxygen atoms in total. The smallest absolute Gasteiger partial charge is 0.254 e. The molecule has 4 aromatic rings. The minimum absolute atomic E-state index is 0.0110. The Kier molecular flexibility index (Phi) is 4.21. The van der Waals surface area contributed by atoms with E-state index in [2.05, 4.69) is 11.4 Å². The van der Waals surface area contributed by atoms with Gasteiger partial charge in [-0.1, -0.05) is 42.5 Å². The van der Waals surface area contributed by atoms with Crippen molar-refractivity contribution in [1.82, 2.24) is 4.90 Å². The molecule has 4 heteroatoms. The van der Waals surface area contributed by atoms with Crippen LogP contribution in [0.4, 0.5) is 4.39 Å². The SMILES string of the molecule is O=C(c1ccc2ccccc2c1)N1CCc2sccc2C1c1ccc(F)cc1. The Labute approximate surface area is 166 Å². The van der Waals surface area contributed by atoms with Crippen molar-refractivity contribution in [3.8, 4) is 0 Å². The zero-order valence-corrected chi connectivity index (χ0v) is 16.0. The van der Waals surface area contributed by atoms with Gasteiger partial charge in [-0.2, -0.15) is 0 Å². The van der Waals surface area contributed by atoms with Gasteiger partial charge in [-0.05, 0) is 64.0 Å². The lowest BCUT2D eigenvalue weighted by Crippen LogP contribution is -2.40. The fourth-order valence-corrected chi connectivity index (χ4v) is 4.93. The van der Waals surface area contributed by atoms with Crippen molar-refractivity contribution in [2.75, 3.05) is 6.54 Å². The third-order valence-electron chi connectivity index (χ3n) is 5.41. The number of nitrogens with zero attached hydrogens (tertiary/aromatic N) is 1. The van der Waals surface area contributed by atoms with Crippen LogP contribution in [0.5, 0.6) is 0 Å². The molecule has 5 rings (SSSR count). The highest BCUT2D eigenvalue weighted by atomic mass is 32.1. The first-order valence-corrected chi connectivity index (χ1v) is 10.2. The summed E-state index contributed by atoms with van der Waals surface area (Å²) >= 11 is 1.73. The monoisotopic (exact) mass is 387 g/mol. The molecule has 0 spiro atoms. The van der Waals surface area contributed by atoms with Gasteiger partial charge in [-0.25, -0.2) is 4.39 Å². The molecule has 1 aliphatic rings. The quantitative estimate of drug-likeness (QED) is 0.424. The van der Waals surface area contributed by atoms with Crippen molar-refractivity contribution >= 4 is 28.0 Å². The molecule has 0 radical (unpaired) electrons. The van der Waals surface area contributed by atoms with Crippen molar-refractivity contribution in [3.63, 3.8) is 0 Å². The summed E-state index contributed by atoms with van der Waals surface area (Å²) in [4.78, 5) is 16.7. The van der Waals surface area contributed by atoms with Crippen molar-refractivity contribution in [3.05, 3.63) is 106 Å². The van der Waals surface area contributed by atoms with E-state index in [0.29, 0.717) is 12.1 Å². The van der Waals surface area contributed by atoms with Gasteiger partial charge in [0.25, 0.3) is 5.91 Å². The molecule has 0 fully saturated rings. The predicted molar refractivity (Wildman–Crippen MR) is 111 cm³/mol. The number of fused-ring (bicyclic) bond motifs is 2. The molecule has 1 amide bonds. The number of benzene rings is 3. The number of rotatable bonds is 2. The van der Waals surface area contributed by atoms with Crippen LogP contribution in [-0.2, 0) is 6.42 Å². The molecule has 0 saturated carbocycles. The number of thiophene rings is 1. The van der Waals surface area contributed by atoms with Crippen LogP contribution >= 0.6 is 11.3 Å². The first kappa shape index (κ1) is 17.1. The van der Waals surface area contributed by atoms with E-state index in [0.717, 1.165) is 28.3 Å². The second-order valence-corrected chi connectivity index (χ2v) is 8.06. The van der Waals surface area contributed by atoms with Crippen molar-refractivity contribution in [1.29, 1.82) is 0 Å². The molecule has 0 bridgehead atoms. The Morgan fingerprint density at radius 2 is 1.75 bits per heavy atom. The van der Waals surface area contributed by atoms with Crippen LogP contribution in [0, 0.1) is 5.82 Å². The lowest BCUT2D eigenvalue weighted by atomic mass is 9.92. The van der Waals surface area contributed by atoms with Gasteiger partial charge < -0.3 is 4.90 Å². The summed E-state index contributed by atoms with van der Waals surface area (Å²) in [6.07, 6.45) is 0.851. The maximum Gasteiger partial charge on any atom is 0.254 e. The number of hydrogen-bond donors (Lipinski definition) is 0. The molecule has 1 aliphatic heterocycles. The second kappa shape index (κ2) is 6.88. The molecule has 28 heavy (non-hydrogen) atoms. The summed E-state index contributed by atoms with van der Waals surface area (Å²) in [5.41, 5.74) is 2.77. The summed E-state index contributed by atoms with van der Waals surface area (Å²) in [6, 6.07) is 22.3. The molecule has 0 aliphatic carbocycles. The number of carbonyl (C=O) groups excluding carboxylic acids is 1. The third-order valence-corrected chi connectivity index (χ3v) is 6.41. The summed E-state index contributed by atoms with van der Waals surface area (Å²) in [6.45, 7) is 0.654. The first-order valence-electron chi connectivity index (χ1n) is 9.32. The predicted octanol–water partition coefficient (Wildman–Crippen LogP) is 5.83. The number of hydrogen-bond acceptors (Lipinski definition) is 2. The van der Waals surface area contributed by atoms with E-state index >= 15 is 0 Å². The third kappa shape index (κ3) is 2.90. The standard InChI is InChI=1S/C24H18FNOS/c25-20-9-7-17(8-10-20)23-21-12-14-28-22(21)11-13-26(23)24(27)19-6-5-16-3-1-2-4-18(16)15-19/h1-10,12,14-15,23H,11,13H2. The van der Waals surface area contributed by atoms with Crippen molar-refractivity contribution in [2.45, 2.75) is 12.5 Å². The zero-order chi connectivity index (χ0) is 19.1. The average molecular weight is 387 g/mol. The highest BCUT2D eigenvalue weighted by Gasteiger charge is 2.33. The van der Waals surface area contributed by atoms with Gasteiger partial charge >= 0.3 is 0 Å². The Morgan fingerprint density at radius 3 is 2.57 bits per heavy atom. The van der Waals surface area contributed by atoms with Gasteiger partial charge in [0.15, 0.2) is 0 Å². The van der Waals surface area contributed by atoms with Crippen LogP contribution in [0.25, 0.3) is 10.8 Å². The molecule has 1 unspecified atom stereocenters. The van der Waals surface area contributed by atoms with Crippen LogP contribution in [0.15, 0.2) is 78.2 Å². The molecule has 2 heterocycles. The van der Waals surface area contributed by atoms with Crippen molar-refractivity contribution < 1.29 is 9.18 Å². The highest BCUT2D eigenvalue weighted by molar-refractivity contribution is 7.10. The maximum absolute atomic E-state index is 13.5. The largest absolute Gasteiger partial charge is 0.327 e. The van der Waals surface area contributed by atoms with Crippen LogP contribution in [0.1, 0.15) is 32.4 Å². The topological polar surface area (TPSA) is 20.3 Å². The lowest BCUT2D eigenvalue weighted by Gasteiger charge is -2.36. The summed E-state index contributed by atoms with van der Waals surface area (Å²) in [7, 11) is 0. The lowest BCUT2D eigenvalue weighted by molar-refractivity contribution is 0.0696. The number of amides is 1. The Morgan fingerprint density at radius 1 is 0.964 bits per heavy atom. The minimum atomic E-state index is -0.266. The Hall–Kier alpha value is -2.98. The first-order chi connectivity index (χ1) is 13.7. The van der Waals surface area contributed by atoms with Gasteiger partial charge in [-0.3, -0.25) is 4.79 Å². The Bertz CT molecular complexity index is 1160. The van der Waals surface area contributed by atoms with Crippen LogP contribution in [0.2, 0.25) is 0 Å². The molecule has 0 saturated heterocycles. The number of halogens is 1. The summed E-state index contributed by atoms with van der Waals surface area (Å²) in [5, 5.41) is 4.25. The van der Waals surface area contributed by atoms with E-state index in [1.165, 1.54) is 17.0 Å². The molecular weight excluding hydrogens is 369 g/mol. The minimum Gasteiger partial charge on any atom is -0.327 e. The normalized spacial score (nSPS) is 16.2.